The molecule has 0 bridgehead atoms. The lowest BCUT2D eigenvalue weighted by Gasteiger charge is -2.34. The first-order valence-electron chi connectivity index (χ1n) is 8.25. The largest absolute Gasteiger partial charge is 0.379 e. The first kappa shape index (κ1) is 16.6. The highest BCUT2D eigenvalue weighted by molar-refractivity contribution is 6.30. The monoisotopic (exact) mass is 336 g/mol. The van der Waals surface area contributed by atoms with Gasteiger partial charge in [-0.25, -0.2) is 0 Å². The predicted octanol–water partition coefficient (Wildman–Crippen LogP) is 2.12. The van der Waals surface area contributed by atoms with Crippen molar-refractivity contribution in [1.82, 2.24) is 9.80 Å². The van der Waals surface area contributed by atoms with E-state index in [-0.39, 0.29) is 6.04 Å². The number of halogens is 1. The van der Waals surface area contributed by atoms with Crippen LogP contribution in [-0.2, 0) is 4.74 Å². The van der Waals surface area contributed by atoms with Crippen LogP contribution in [0.5, 0.6) is 0 Å². The molecule has 0 radical (unpaired) electrons. The van der Waals surface area contributed by atoms with Crippen molar-refractivity contribution >= 4 is 17.6 Å². The van der Waals surface area contributed by atoms with Gasteiger partial charge < -0.3 is 15.4 Å². The van der Waals surface area contributed by atoms with E-state index in [1.807, 2.05) is 19.2 Å². The summed E-state index contributed by atoms with van der Waals surface area (Å²) in [6.45, 7) is 4.03. The summed E-state index contributed by atoms with van der Waals surface area (Å²) >= 11 is 6.03. The highest BCUT2D eigenvalue weighted by Gasteiger charge is 2.28. The Morgan fingerprint density at radius 3 is 2.61 bits per heavy atom. The van der Waals surface area contributed by atoms with Crippen molar-refractivity contribution in [1.29, 1.82) is 0 Å². The molecule has 6 heteroatoms. The van der Waals surface area contributed by atoms with Crippen LogP contribution < -0.4 is 5.73 Å². The number of nitrogens with two attached hydrogens (primary N) is 1. The normalized spacial score (nSPS) is 21.2. The molecule has 1 heterocycles. The third-order valence-electron chi connectivity index (χ3n) is 4.62. The van der Waals surface area contributed by atoms with Crippen LogP contribution >= 0.6 is 11.6 Å². The van der Waals surface area contributed by atoms with Gasteiger partial charge in [0.05, 0.1) is 25.8 Å². The number of rotatable bonds is 5. The van der Waals surface area contributed by atoms with E-state index in [1.165, 1.54) is 18.4 Å². The molecule has 1 atom stereocenters. The Labute approximate surface area is 143 Å². The fourth-order valence-electron chi connectivity index (χ4n) is 2.95. The molecule has 1 aromatic carbocycles. The van der Waals surface area contributed by atoms with Gasteiger partial charge in [-0.1, -0.05) is 23.7 Å². The van der Waals surface area contributed by atoms with Crippen LogP contribution in [0.15, 0.2) is 29.3 Å². The number of nitrogens with zero attached hydrogens (tertiary/aromatic N) is 3. The molecule has 1 saturated carbocycles. The number of ether oxygens (including phenoxy) is 1. The van der Waals surface area contributed by atoms with Crippen molar-refractivity contribution in [2.75, 3.05) is 39.9 Å². The van der Waals surface area contributed by atoms with Gasteiger partial charge in [-0.3, -0.25) is 9.89 Å². The second-order valence-electron chi connectivity index (χ2n) is 6.26. The van der Waals surface area contributed by atoms with Gasteiger partial charge in [-0.2, -0.15) is 0 Å². The molecule has 2 fully saturated rings. The number of guanidine groups is 1. The lowest BCUT2D eigenvalue weighted by atomic mass is 10.0. The molecule has 23 heavy (non-hydrogen) atoms. The molecule has 3 rings (SSSR count). The number of hydrogen-bond acceptors (Lipinski definition) is 3. The Morgan fingerprint density at radius 2 is 2.00 bits per heavy atom. The lowest BCUT2D eigenvalue weighted by molar-refractivity contribution is 0.0179. The Morgan fingerprint density at radius 1 is 1.35 bits per heavy atom. The minimum absolute atomic E-state index is 0.210. The summed E-state index contributed by atoms with van der Waals surface area (Å²) in [5.41, 5.74) is 7.37. The maximum Gasteiger partial charge on any atom is 0.191 e. The molecule has 1 saturated heterocycles. The van der Waals surface area contributed by atoms with Crippen molar-refractivity contribution in [3.63, 3.8) is 0 Å². The average Bonchev–Trinajstić information content (AvgIpc) is 3.41. The molecule has 1 aromatic rings. The Balaban J connectivity index is 1.73. The molecule has 2 aliphatic rings. The minimum Gasteiger partial charge on any atom is -0.379 e. The molecule has 0 aromatic heterocycles. The third-order valence-corrected chi connectivity index (χ3v) is 4.88. The molecule has 1 aliphatic carbocycles. The van der Waals surface area contributed by atoms with Gasteiger partial charge >= 0.3 is 0 Å². The summed E-state index contributed by atoms with van der Waals surface area (Å²) in [4.78, 5) is 9.18. The standard InChI is InChI=1S/C17H25ClN4O/c1-21(15-6-7-15)17(19)20-12-16(22-8-10-23-11-9-22)13-2-4-14(18)5-3-13/h2-5,15-16H,6-12H2,1H3,(H2,19,20). The highest BCUT2D eigenvalue weighted by Crippen LogP contribution is 2.26. The molecule has 1 unspecified atom stereocenters. The molecule has 5 nitrogen and oxygen atoms in total. The zero-order chi connectivity index (χ0) is 16.2. The first-order valence-corrected chi connectivity index (χ1v) is 8.63. The van der Waals surface area contributed by atoms with E-state index >= 15 is 0 Å². The number of benzene rings is 1. The van der Waals surface area contributed by atoms with E-state index in [9.17, 15) is 0 Å². The van der Waals surface area contributed by atoms with Gasteiger partial charge in [0.1, 0.15) is 0 Å². The Bertz CT molecular complexity index is 538. The van der Waals surface area contributed by atoms with Gasteiger partial charge in [-0.15, -0.1) is 0 Å². The van der Waals surface area contributed by atoms with Crippen LogP contribution in [0.25, 0.3) is 0 Å². The minimum atomic E-state index is 0.210. The topological polar surface area (TPSA) is 54.1 Å². The second kappa shape index (κ2) is 7.51. The van der Waals surface area contributed by atoms with Crippen LogP contribution in [0, 0.1) is 0 Å². The molecule has 126 valence electrons. The van der Waals surface area contributed by atoms with Crippen LogP contribution in [0.2, 0.25) is 5.02 Å². The molecule has 1 aliphatic heterocycles. The Kier molecular flexibility index (Phi) is 5.41. The fourth-order valence-corrected chi connectivity index (χ4v) is 3.07. The van der Waals surface area contributed by atoms with Crippen molar-refractivity contribution < 1.29 is 4.74 Å². The van der Waals surface area contributed by atoms with E-state index in [4.69, 9.17) is 22.1 Å². The summed E-state index contributed by atoms with van der Waals surface area (Å²) in [6, 6.07) is 8.83. The smallest absolute Gasteiger partial charge is 0.191 e. The van der Waals surface area contributed by atoms with Crippen LogP contribution in [-0.4, -0.2) is 61.7 Å². The zero-order valence-corrected chi connectivity index (χ0v) is 14.4. The average molecular weight is 337 g/mol. The van der Waals surface area contributed by atoms with Gasteiger partial charge in [0.15, 0.2) is 5.96 Å². The van der Waals surface area contributed by atoms with Crippen LogP contribution in [0.3, 0.4) is 0 Å². The fraction of sp³-hybridized carbons (Fsp3) is 0.588. The molecule has 2 N–H and O–H groups in total. The maximum absolute atomic E-state index is 6.15. The van der Waals surface area contributed by atoms with Crippen molar-refractivity contribution in [2.24, 2.45) is 10.7 Å². The van der Waals surface area contributed by atoms with Crippen molar-refractivity contribution in [3.8, 4) is 0 Å². The molecule has 0 amide bonds. The second-order valence-corrected chi connectivity index (χ2v) is 6.69. The first-order chi connectivity index (χ1) is 11.1. The van der Waals surface area contributed by atoms with Gasteiger partial charge in [0.2, 0.25) is 0 Å². The highest BCUT2D eigenvalue weighted by atomic mass is 35.5. The van der Waals surface area contributed by atoms with E-state index < -0.39 is 0 Å². The van der Waals surface area contributed by atoms with E-state index in [0.717, 1.165) is 31.3 Å². The maximum atomic E-state index is 6.15. The summed E-state index contributed by atoms with van der Waals surface area (Å²) in [6.07, 6.45) is 2.44. The number of hydrogen-bond donors (Lipinski definition) is 1. The zero-order valence-electron chi connectivity index (χ0n) is 13.6. The lowest BCUT2D eigenvalue weighted by Crippen LogP contribution is -2.41. The summed E-state index contributed by atoms with van der Waals surface area (Å²) in [5.74, 6) is 0.639. The van der Waals surface area contributed by atoms with Gasteiger partial charge in [-0.05, 0) is 30.5 Å². The van der Waals surface area contributed by atoms with Crippen molar-refractivity contribution in [3.05, 3.63) is 34.9 Å². The summed E-state index contributed by atoms with van der Waals surface area (Å²) < 4.78 is 5.48. The quantitative estimate of drug-likeness (QED) is 0.661. The predicted molar refractivity (Wildman–Crippen MR) is 93.9 cm³/mol. The van der Waals surface area contributed by atoms with E-state index in [2.05, 4.69) is 26.9 Å². The molecule has 0 spiro atoms. The molecular weight excluding hydrogens is 312 g/mol. The van der Waals surface area contributed by atoms with Crippen LogP contribution in [0.4, 0.5) is 0 Å². The van der Waals surface area contributed by atoms with E-state index in [1.54, 1.807) is 0 Å². The summed E-state index contributed by atoms with van der Waals surface area (Å²) in [7, 11) is 2.03. The molecular formula is C17H25ClN4O. The SMILES string of the molecule is CN(C(N)=NCC(c1ccc(Cl)cc1)N1CCOCC1)C1CC1. The van der Waals surface area contributed by atoms with Crippen LogP contribution in [0.1, 0.15) is 24.4 Å². The number of morpholine rings is 1. The Hall–Kier alpha value is -1.30. The van der Waals surface area contributed by atoms with Gasteiger partial charge in [0, 0.05) is 31.2 Å². The third kappa shape index (κ3) is 4.37. The summed E-state index contributed by atoms with van der Waals surface area (Å²) in [5, 5.41) is 0.756. The van der Waals surface area contributed by atoms with E-state index in [0.29, 0.717) is 18.5 Å². The number of aliphatic imine (C=N–C) groups is 1. The van der Waals surface area contributed by atoms with Gasteiger partial charge in [0.25, 0.3) is 0 Å². The van der Waals surface area contributed by atoms with Crippen molar-refractivity contribution in [2.45, 2.75) is 24.9 Å².